The number of carboxylic acid groups (broad SMARTS) is 1. The van der Waals surface area contributed by atoms with Crippen molar-refractivity contribution in [2.24, 2.45) is 0 Å². The molecule has 26 heavy (non-hydrogen) atoms. The van der Waals surface area contributed by atoms with Crippen molar-refractivity contribution in [3.63, 3.8) is 0 Å². The van der Waals surface area contributed by atoms with Crippen molar-refractivity contribution in [2.75, 3.05) is 39.3 Å². The molecule has 0 N–H and O–H groups in total. The van der Waals surface area contributed by atoms with E-state index in [1.165, 1.54) is 16.0 Å². The molecule has 2 aliphatic heterocycles. The summed E-state index contributed by atoms with van der Waals surface area (Å²) in [6.45, 7) is 4.74. The van der Waals surface area contributed by atoms with E-state index < -0.39 is 6.09 Å². The van der Waals surface area contributed by atoms with Crippen molar-refractivity contribution in [1.82, 2.24) is 14.7 Å². The van der Waals surface area contributed by atoms with E-state index in [1.54, 1.807) is 0 Å². The quantitative estimate of drug-likeness (QED) is 0.837. The summed E-state index contributed by atoms with van der Waals surface area (Å²) in [5, 5.41) is 11.0. The van der Waals surface area contributed by atoms with E-state index in [0.717, 1.165) is 26.2 Å². The number of nitrogens with zero attached hydrogens (tertiary/aromatic N) is 3. The lowest BCUT2D eigenvalue weighted by atomic mass is 9.92. The largest absolute Gasteiger partial charge is 0.530 e. The second-order valence-corrected chi connectivity index (χ2v) is 7.12. The Bertz CT molecular complexity index is 684. The van der Waals surface area contributed by atoms with Crippen LogP contribution in [0.5, 0.6) is 0 Å². The monoisotopic (exact) mass is 350 g/mol. The molecule has 0 aromatic heterocycles. The minimum Gasteiger partial charge on any atom is -0.530 e. The molecule has 0 unspecified atom stereocenters. The molecule has 0 saturated carbocycles. The number of benzene rings is 2. The molecule has 0 spiro atoms. The number of piperazine rings is 1. The third-order valence-electron chi connectivity index (χ3n) is 5.58. The highest BCUT2D eigenvalue weighted by Gasteiger charge is 2.37. The Balaban J connectivity index is 1.43. The van der Waals surface area contributed by atoms with Gasteiger partial charge in [0.25, 0.3) is 0 Å². The first kappa shape index (κ1) is 17.1. The molecule has 2 aromatic carbocycles. The van der Waals surface area contributed by atoms with Gasteiger partial charge in [0.1, 0.15) is 6.09 Å². The van der Waals surface area contributed by atoms with E-state index in [2.05, 4.69) is 70.5 Å². The van der Waals surface area contributed by atoms with Gasteiger partial charge in [-0.25, -0.2) is 0 Å². The molecule has 0 atom stereocenters. The topological polar surface area (TPSA) is 49.9 Å². The van der Waals surface area contributed by atoms with Crippen molar-refractivity contribution in [1.29, 1.82) is 0 Å². The Kier molecular flexibility index (Phi) is 4.91. The Labute approximate surface area is 154 Å². The molecule has 0 bridgehead atoms. The Morgan fingerprint density at radius 3 is 1.81 bits per heavy atom. The fraction of sp³-hybridized carbons (Fsp3) is 0.381. The number of carbonyl (C=O) groups excluding carboxylic acids is 1. The van der Waals surface area contributed by atoms with E-state index in [-0.39, 0.29) is 6.04 Å². The van der Waals surface area contributed by atoms with E-state index in [9.17, 15) is 9.90 Å². The fourth-order valence-corrected chi connectivity index (χ4v) is 4.08. The van der Waals surface area contributed by atoms with Crippen LogP contribution in [0, 0.1) is 0 Å². The van der Waals surface area contributed by atoms with Crippen molar-refractivity contribution < 1.29 is 9.90 Å². The molecule has 136 valence electrons. The standard InChI is InChI=1S/C21H25N3O2/c25-21(26)23-13-11-22(12-14-23)19-15-24(16-19)20(17-7-3-1-4-8-17)18-9-5-2-6-10-18/h1-10,19-20H,11-16H2,(H,25,26)/p-1. The summed E-state index contributed by atoms with van der Waals surface area (Å²) in [5.41, 5.74) is 2.64. The Hall–Kier alpha value is -2.37. The van der Waals surface area contributed by atoms with Crippen LogP contribution < -0.4 is 5.11 Å². The maximum absolute atomic E-state index is 11.0. The summed E-state index contributed by atoms with van der Waals surface area (Å²) in [4.78, 5) is 17.3. The van der Waals surface area contributed by atoms with Gasteiger partial charge in [0, 0.05) is 45.3 Å². The zero-order chi connectivity index (χ0) is 17.9. The lowest BCUT2D eigenvalue weighted by Crippen LogP contribution is -2.64. The summed E-state index contributed by atoms with van der Waals surface area (Å²) < 4.78 is 0. The third kappa shape index (κ3) is 3.45. The van der Waals surface area contributed by atoms with Crippen LogP contribution in [-0.4, -0.2) is 66.1 Å². The van der Waals surface area contributed by atoms with Crippen molar-refractivity contribution >= 4 is 6.09 Å². The van der Waals surface area contributed by atoms with E-state index in [1.807, 2.05) is 0 Å². The maximum Gasteiger partial charge on any atom is 0.137 e. The Morgan fingerprint density at radius 2 is 1.35 bits per heavy atom. The van der Waals surface area contributed by atoms with Gasteiger partial charge in [-0.3, -0.25) is 9.80 Å². The minimum absolute atomic E-state index is 0.276. The highest BCUT2D eigenvalue weighted by atomic mass is 16.4. The van der Waals surface area contributed by atoms with E-state index >= 15 is 0 Å². The zero-order valence-electron chi connectivity index (χ0n) is 14.8. The van der Waals surface area contributed by atoms with Gasteiger partial charge in [0.05, 0.1) is 6.04 Å². The maximum atomic E-state index is 11.0. The SMILES string of the molecule is O=C([O-])N1CCN(C2CN(C(c3ccccc3)c3ccccc3)C2)CC1. The lowest BCUT2D eigenvalue weighted by molar-refractivity contribution is -0.267. The third-order valence-corrected chi connectivity index (χ3v) is 5.58. The predicted molar refractivity (Wildman–Crippen MR) is 98.6 cm³/mol. The summed E-state index contributed by atoms with van der Waals surface area (Å²) in [5.74, 6) is 0. The van der Waals surface area contributed by atoms with E-state index in [0.29, 0.717) is 19.1 Å². The van der Waals surface area contributed by atoms with Gasteiger partial charge in [-0.1, -0.05) is 60.7 Å². The molecule has 2 heterocycles. The number of hydrogen-bond donors (Lipinski definition) is 0. The van der Waals surface area contributed by atoms with Crippen molar-refractivity contribution in [3.8, 4) is 0 Å². The van der Waals surface area contributed by atoms with Crippen LogP contribution in [0.25, 0.3) is 0 Å². The van der Waals surface area contributed by atoms with Gasteiger partial charge in [-0.15, -0.1) is 0 Å². The first-order chi connectivity index (χ1) is 12.7. The van der Waals surface area contributed by atoms with Crippen LogP contribution >= 0.6 is 0 Å². The normalized spacial score (nSPS) is 19.5. The summed E-state index contributed by atoms with van der Waals surface area (Å²) >= 11 is 0. The summed E-state index contributed by atoms with van der Waals surface area (Å²) in [6.07, 6.45) is -1.05. The second-order valence-electron chi connectivity index (χ2n) is 7.12. The van der Waals surface area contributed by atoms with Crippen LogP contribution in [0.2, 0.25) is 0 Å². The van der Waals surface area contributed by atoms with Crippen LogP contribution in [0.3, 0.4) is 0 Å². The average molecular weight is 350 g/mol. The van der Waals surface area contributed by atoms with Gasteiger partial charge in [-0.05, 0) is 11.1 Å². The second kappa shape index (κ2) is 7.48. The highest BCUT2D eigenvalue weighted by Crippen LogP contribution is 2.33. The molecular formula is C21H24N3O2-. The molecule has 0 aliphatic carbocycles. The van der Waals surface area contributed by atoms with Gasteiger partial charge < -0.3 is 14.8 Å². The molecule has 2 fully saturated rings. The molecule has 5 heteroatoms. The number of likely N-dealkylation sites (tertiary alicyclic amines) is 1. The van der Waals surface area contributed by atoms with Gasteiger partial charge >= 0.3 is 0 Å². The molecule has 1 amide bonds. The first-order valence-electron chi connectivity index (χ1n) is 9.26. The van der Waals surface area contributed by atoms with Gasteiger partial charge in [0.2, 0.25) is 0 Å². The van der Waals surface area contributed by atoms with Crippen LogP contribution in [0.15, 0.2) is 60.7 Å². The van der Waals surface area contributed by atoms with Gasteiger partial charge in [-0.2, -0.15) is 0 Å². The molecule has 5 nitrogen and oxygen atoms in total. The first-order valence-corrected chi connectivity index (χ1v) is 9.26. The summed E-state index contributed by atoms with van der Waals surface area (Å²) in [7, 11) is 0. The van der Waals surface area contributed by atoms with Crippen LogP contribution in [0.1, 0.15) is 17.2 Å². The smallest absolute Gasteiger partial charge is 0.137 e. The van der Waals surface area contributed by atoms with Crippen molar-refractivity contribution in [3.05, 3.63) is 71.8 Å². The molecule has 4 rings (SSSR count). The summed E-state index contributed by atoms with van der Waals surface area (Å²) in [6, 6.07) is 22.1. The van der Waals surface area contributed by atoms with Gasteiger partial charge in [0.15, 0.2) is 0 Å². The minimum atomic E-state index is -1.05. The fourth-order valence-electron chi connectivity index (χ4n) is 4.08. The highest BCUT2D eigenvalue weighted by molar-refractivity contribution is 5.62. The lowest BCUT2D eigenvalue weighted by Gasteiger charge is -2.51. The number of carbonyl (C=O) groups is 1. The molecule has 2 saturated heterocycles. The molecular weight excluding hydrogens is 326 g/mol. The Morgan fingerprint density at radius 1 is 0.846 bits per heavy atom. The number of amides is 1. The van der Waals surface area contributed by atoms with E-state index in [4.69, 9.17) is 0 Å². The average Bonchev–Trinajstić information content (AvgIpc) is 2.66. The van der Waals surface area contributed by atoms with Crippen LogP contribution in [-0.2, 0) is 0 Å². The molecule has 2 aromatic rings. The number of rotatable bonds is 4. The predicted octanol–water partition coefficient (Wildman–Crippen LogP) is 1.42. The zero-order valence-corrected chi connectivity index (χ0v) is 14.8. The van der Waals surface area contributed by atoms with Crippen LogP contribution in [0.4, 0.5) is 4.79 Å². The van der Waals surface area contributed by atoms with Crippen molar-refractivity contribution in [2.45, 2.75) is 12.1 Å². The number of hydrogen-bond acceptors (Lipinski definition) is 4. The molecule has 2 aliphatic rings. The molecule has 0 radical (unpaired) electrons.